The van der Waals surface area contributed by atoms with Crippen molar-refractivity contribution in [2.24, 2.45) is 0 Å². The first kappa shape index (κ1) is 11.5. The molecule has 2 aromatic carbocycles. The van der Waals surface area contributed by atoms with Gasteiger partial charge in [-0.1, -0.05) is 49.0 Å². The van der Waals surface area contributed by atoms with Gasteiger partial charge in [0.05, 0.1) is 0 Å². The van der Waals surface area contributed by atoms with E-state index in [9.17, 15) is 0 Å². The zero-order valence-corrected chi connectivity index (χ0v) is 10.7. The van der Waals surface area contributed by atoms with Crippen LogP contribution in [0.5, 0.6) is 0 Å². The molecule has 0 aliphatic heterocycles. The summed E-state index contributed by atoms with van der Waals surface area (Å²) in [4.78, 5) is 0. The second-order valence-corrected chi connectivity index (χ2v) is 4.49. The molecule has 0 unspecified atom stereocenters. The lowest BCUT2D eigenvalue weighted by Gasteiger charge is -2.09. The van der Waals surface area contributed by atoms with E-state index in [1.807, 2.05) is 42.7 Å². The molecule has 0 N–H and O–H groups in total. The molecule has 0 atom stereocenters. The van der Waals surface area contributed by atoms with Gasteiger partial charge in [0.2, 0.25) is 0 Å². The van der Waals surface area contributed by atoms with Gasteiger partial charge in [0.1, 0.15) is 0 Å². The van der Waals surface area contributed by atoms with Gasteiger partial charge < -0.3 is 4.57 Å². The van der Waals surface area contributed by atoms with Crippen molar-refractivity contribution < 1.29 is 0 Å². The maximum atomic E-state index is 4.21. The fourth-order valence-electron chi connectivity index (χ4n) is 2.17. The molecule has 0 saturated heterocycles. The van der Waals surface area contributed by atoms with Gasteiger partial charge in [-0.15, -0.1) is 0 Å². The molecule has 92 valence electrons. The van der Waals surface area contributed by atoms with E-state index in [0.29, 0.717) is 0 Å². The van der Waals surface area contributed by atoms with Crippen molar-refractivity contribution in [3.63, 3.8) is 0 Å². The highest BCUT2D eigenvalue weighted by Gasteiger charge is 2.03. The largest absolute Gasteiger partial charge is 0.324 e. The van der Waals surface area contributed by atoms with E-state index in [1.165, 1.54) is 0 Å². The molecule has 1 aromatic heterocycles. The maximum absolute atomic E-state index is 4.21. The smallest absolute Gasteiger partial charge is 0.0455 e. The molecular weight excluding hydrogens is 230 g/mol. The molecular formula is C18H15N. The number of aromatic nitrogens is 1. The second-order valence-electron chi connectivity index (χ2n) is 4.49. The van der Waals surface area contributed by atoms with Gasteiger partial charge in [-0.25, -0.2) is 0 Å². The van der Waals surface area contributed by atoms with E-state index in [-0.39, 0.29) is 0 Å². The number of hydrogen-bond donors (Lipinski definition) is 0. The van der Waals surface area contributed by atoms with Crippen molar-refractivity contribution in [1.82, 2.24) is 4.57 Å². The van der Waals surface area contributed by atoms with Crippen LogP contribution in [-0.2, 0) is 0 Å². The van der Waals surface area contributed by atoms with Crippen molar-refractivity contribution >= 4 is 5.57 Å². The third kappa shape index (κ3) is 2.36. The lowest BCUT2D eigenvalue weighted by atomic mass is 9.99. The van der Waals surface area contributed by atoms with Crippen molar-refractivity contribution in [2.75, 3.05) is 0 Å². The predicted octanol–water partition coefficient (Wildman–Crippen LogP) is 4.54. The highest BCUT2D eigenvalue weighted by atomic mass is 14.9. The first-order valence-corrected chi connectivity index (χ1v) is 6.33. The normalized spacial score (nSPS) is 10.3. The first-order chi connectivity index (χ1) is 9.34. The molecule has 3 rings (SSSR count). The van der Waals surface area contributed by atoms with Crippen molar-refractivity contribution in [2.45, 2.75) is 0 Å². The quantitative estimate of drug-likeness (QED) is 0.638. The molecule has 0 saturated carbocycles. The van der Waals surface area contributed by atoms with E-state index in [4.69, 9.17) is 0 Å². The van der Waals surface area contributed by atoms with Crippen LogP contribution >= 0.6 is 0 Å². The highest BCUT2D eigenvalue weighted by Crippen LogP contribution is 2.23. The SMILES string of the molecule is C=C(c1ccccc1)c1cccc(-n2cccc2)c1. The maximum Gasteiger partial charge on any atom is 0.0455 e. The molecule has 19 heavy (non-hydrogen) atoms. The summed E-state index contributed by atoms with van der Waals surface area (Å²) >= 11 is 0. The minimum atomic E-state index is 1.05. The van der Waals surface area contributed by atoms with Gasteiger partial charge in [-0.3, -0.25) is 0 Å². The lowest BCUT2D eigenvalue weighted by molar-refractivity contribution is 1.08. The Morgan fingerprint density at radius 3 is 2.16 bits per heavy atom. The van der Waals surface area contributed by atoms with E-state index >= 15 is 0 Å². The summed E-state index contributed by atoms with van der Waals surface area (Å²) in [5.74, 6) is 0. The fourth-order valence-corrected chi connectivity index (χ4v) is 2.17. The van der Waals surface area contributed by atoms with E-state index in [2.05, 4.69) is 47.5 Å². The Morgan fingerprint density at radius 2 is 1.42 bits per heavy atom. The summed E-state index contributed by atoms with van der Waals surface area (Å²) in [6, 6.07) is 22.8. The van der Waals surface area contributed by atoms with Crippen LogP contribution in [0.2, 0.25) is 0 Å². The summed E-state index contributed by atoms with van der Waals surface area (Å²) in [7, 11) is 0. The van der Waals surface area contributed by atoms with Gasteiger partial charge in [0.25, 0.3) is 0 Å². The van der Waals surface area contributed by atoms with Crippen LogP contribution in [0, 0.1) is 0 Å². The molecule has 0 amide bonds. The van der Waals surface area contributed by atoms with E-state index in [0.717, 1.165) is 22.4 Å². The van der Waals surface area contributed by atoms with Crippen LogP contribution in [0.3, 0.4) is 0 Å². The average molecular weight is 245 g/mol. The minimum absolute atomic E-state index is 1.05. The molecule has 0 aliphatic rings. The average Bonchev–Trinajstić information content (AvgIpc) is 3.02. The second kappa shape index (κ2) is 4.99. The zero-order valence-electron chi connectivity index (χ0n) is 10.7. The molecule has 0 bridgehead atoms. The van der Waals surface area contributed by atoms with E-state index < -0.39 is 0 Å². The summed E-state index contributed by atoms with van der Waals surface area (Å²) in [5.41, 5.74) is 4.51. The van der Waals surface area contributed by atoms with Gasteiger partial charge >= 0.3 is 0 Å². The van der Waals surface area contributed by atoms with Crippen molar-refractivity contribution in [3.8, 4) is 5.69 Å². The standard InChI is InChI=1S/C18H15N/c1-15(16-8-3-2-4-9-16)17-10-7-11-18(14-17)19-12-5-6-13-19/h2-14H,1H2. The van der Waals surface area contributed by atoms with Gasteiger partial charge in [0, 0.05) is 18.1 Å². The molecule has 0 spiro atoms. The Kier molecular flexibility index (Phi) is 3.03. The van der Waals surface area contributed by atoms with Crippen LogP contribution in [0.1, 0.15) is 11.1 Å². The summed E-state index contributed by atoms with van der Waals surface area (Å²) in [5, 5.41) is 0. The molecule has 1 heterocycles. The summed E-state index contributed by atoms with van der Waals surface area (Å²) < 4.78 is 2.10. The first-order valence-electron chi connectivity index (χ1n) is 6.33. The molecule has 1 heteroatoms. The lowest BCUT2D eigenvalue weighted by Crippen LogP contribution is -1.92. The van der Waals surface area contributed by atoms with Crippen LogP contribution in [0.15, 0.2) is 85.7 Å². The number of benzene rings is 2. The number of rotatable bonds is 3. The minimum Gasteiger partial charge on any atom is -0.324 e. The highest BCUT2D eigenvalue weighted by molar-refractivity contribution is 5.78. The van der Waals surface area contributed by atoms with Gasteiger partial charge in [0.15, 0.2) is 0 Å². The molecule has 0 fully saturated rings. The number of hydrogen-bond acceptors (Lipinski definition) is 0. The van der Waals surface area contributed by atoms with Crippen molar-refractivity contribution in [3.05, 3.63) is 96.8 Å². The van der Waals surface area contributed by atoms with Crippen LogP contribution in [0.25, 0.3) is 11.3 Å². The summed E-state index contributed by atoms with van der Waals surface area (Å²) in [6.07, 6.45) is 4.09. The van der Waals surface area contributed by atoms with Crippen LogP contribution < -0.4 is 0 Å². The molecule has 0 radical (unpaired) electrons. The Morgan fingerprint density at radius 1 is 0.737 bits per heavy atom. The zero-order chi connectivity index (χ0) is 13.1. The Labute approximate surface area is 113 Å². The van der Waals surface area contributed by atoms with E-state index in [1.54, 1.807) is 0 Å². The molecule has 3 aromatic rings. The summed E-state index contributed by atoms with van der Waals surface area (Å²) in [6.45, 7) is 4.21. The van der Waals surface area contributed by atoms with Gasteiger partial charge in [-0.2, -0.15) is 0 Å². The van der Waals surface area contributed by atoms with Crippen molar-refractivity contribution in [1.29, 1.82) is 0 Å². The van der Waals surface area contributed by atoms with Gasteiger partial charge in [-0.05, 0) is 41.0 Å². The fraction of sp³-hybridized carbons (Fsp3) is 0. The predicted molar refractivity (Wildman–Crippen MR) is 80.3 cm³/mol. The van der Waals surface area contributed by atoms with Crippen LogP contribution in [-0.4, -0.2) is 4.57 Å². The Balaban J connectivity index is 1.98. The Hall–Kier alpha value is -2.54. The topological polar surface area (TPSA) is 4.93 Å². The third-order valence-corrected chi connectivity index (χ3v) is 3.22. The third-order valence-electron chi connectivity index (χ3n) is 3.22. The monoisotopic (exact) mass is 245 g/mol. The molecule has 0 aliphatic carbocycles. The van der Waals surface area contributed by atoms with Crippen LogP contribution in [0.4, 0.5) is 0 Å². The number of nitrogens with zero attached hydrogens (tertiary/aromatic N) is 1. The molecule has 1 nitrogen and oxygen atoms in total. The Bertz CT molecular complexity index is 679.